The van der Waals surface area contributed by atoms with Gasteiger partial charge in [0.05, 0.1) is 0 Å². The summed E-state index contributed by atoms with van der Waals surface area (Å²) in [6.07, 6.45) is 7.40. The zero-order valence-corrected chi connectivity index (χ0v) is 22.5. The van der Waals surface area contributed by atoms with Crippen molar-refractivity contribution in [1.82, 2.24) is 21.3 Å². The summed E-state index contributed by atoms with van der Waals surface area (Å²) in [4.78, 5) is 23.4. The van der Waals surface area contributed by atoms with Crippen LogP contribution in [0.3, 0.4) is 0 Å². The summed E-state index contributed by atoms with van der Waals surface area (Å²) in [6.45, 7) is 14.9. The average molecular weight is 511 g/mol. The van der Waals surface area contributed by atoms with Crippen molar-refractivity contribution < 1.29 is 9.59 Å². The number of terminal acetylenes is 1. The maximum Gasteiger partial charge on any atom is 0.246 e. The Hall–Kier alpha value is -3.92. The zero-order chi connectivity index (χ0) is 27.5. The molecule has 0 aliphatic carbocycles. The van der Waals surface area contributed by atoms with E-state index in [2.05, 4.69) is 76.7 Å². The van der Waals surface area contributed by atoms with Crippen molar-refractivity contribution in [3.05, 3.63) is 83.5 Å². The third-order valence-electron chi connectivity index (χ3n) is 6.42. The fraction of sp³-hybridized carbons (Fsp3) is 0.312. The van der Waals surface area contributed by atoms with E-state index in [9.17, 15) is 9.59 Å². The molecule has 0 aliphatic rings. The van der Waals surface area contributed by atoms with Gasteiger partial charge >= 0.3 is 0 Å². The van der Waals surface area contributed by atoms with E-state index in [1.165, 1.54) is 27.3 Å². The third kappa shape index (κ3) is 7.55. The largest absolute Gasteiger partial charge is 0.352 e. The zero-order valence-electron chi connectivity index (χ0n) is 22.5. The van der Waals surface area contributed by atoms with E-state index in [-0.39, 0.29) is 11.8 Å². The molecule has 0 saturated carbocycles. The molecule has 0 atom stereocenters. The second kappa shape index (κ2) is 14.1. The first-order valence-electron chi connectivity index (χ1n) is 13.0. The van der Waals surface area contributed by atoms with Crippen LogP contribution in [0.25, 0.3) is 21.5 Å². The van der Waals surface area contributed by atoms with Crippen LogP contribution in [0.1, 0.15) is 43.4 Å². The Morgan fingerprint density at radius 2 is 1.21 bits per heavy atom. The van der Waals surface area contributed by atoms with Gasteiger partial charge < -0.3 is 21.3 Å². The van der Waals surface area contributed by atoms with Gasteiger partial charge in [-0.3, -0.25) is 9.59 Å². The van der Waals surface area contributed by atoms with E-state index >= 15 is 0 Å². The molecule has 3 rings (SSSR count). The van der Waals surface area contributed by atoms with Crippen LogP contribution in [0.2, 0.25) is 0 Å². The number of carbonyl (C=O) groups is 2. The number of rotatable bonds is 14. The highest BCUT2D eigenvalue weighted by Gasteiger charge is 2.14. The van der Waals surface area contributed by atoms with Crippen LogP contribution in [-0.4, -0.2) is 38.0 Å². The van der Waals surface area contributed by atoms with Crippen LogP contribution >= 0.6 is 0 Å². The summed E-state index contributed by atoms with van der Waals surface area (Å²) >= 11 is 0. The van der Waals surface area contributed by atoms with Crippen LogP contribution in [0.4, 0.5) is 0 Å². The molecular formula is C32H38N4O2. The lowest BCUT2D eigenvalue weighted by Crippen LogP contribution is -2.27. The molecule has 3 aromatic rings. The third-order valence-corrected chi connectivity index (χ3v) is 6.42. The molecule has 0 saturated heterocycles. The topological polar surface area (TPSA) is 82.3 Å². The predicted octanol–water partition coefficient (Wildman–Crippen LogP) is 4.32. The fourth-order valence-corrected chi connectivity index (χ4v) is 4.39. The van der Waals surface area contributed by atoms with Crippen molar-refractivity contribution in [3.8, 4) is 12.3 Å². The molecule has 198 valence electrons. The van der Waals surface area contributed by atoms with Gasteiger partial charge in [0.2, 0.25) is 11.8 Å². The Balaban J connectivity index is 1.77. The van der Waals surface area contributed by atoms with Crippen LogP contribution < -0.4 is 21.3 Å². The molecule has 4 N–H and O–H groups in total. The lowest BCUT2D eigenvalue weighted by atomic mass is 9.90. The molecule has 38 heavy (non-hydrogen) atoms. The van der Waals surface area contributed by atoms with Crippen LogP contribution in [-0.2, 0) is 22.7 Å². The number of hydrogen-bond acceptors (Lipinski definition) is 4. The first kappa shape index (κ1) is 28.6. The fourth-order valence-electron chi connectivity index (χ4n) is 4.39. The minimum Gasteiger partial charge on any atom is -0.352 e. The number of amides is 2. The molecule has 3 aromatic carbocycles. The Kier molecular flexibility index (Phi) is 10.7. The molecule has 0 bridgehead atoms. The van der Waals surface area contributed by atoms with Gasteiger partial charge in [0.15, 0.2) is 0 Å². The SMILES string of the molecule is C#Cc1ccc2c(CNCCCNC(=O)C(=C)C)c3ccccc3c(CNCCCNC(=O)C(=C)C)c2c1. The standard InChI is InChI=1S/C32H38N4O2/c1-6-24-13-14-27-28(19-24)30(21-34-16-10-18-36-32(38)23(4)5)26-12-8-7-11-25(26)29(27)20-33-15-9-17-35-31(37)22(2)3/h1,7-8,11-14,19,33-34H,2,4,9-10,15-18,20-21H2,3,5H3,(H,35,37)(H,36,38). The van der Waals surface area contributed by atoms with Crippen LogP contribution in [0, 0.1) is 12.3 Å². The molecule has 2 amide bonds. The summed E-state index contributed by atoms with van der Waals surface area (Å²) < 4.78 is 0. The predicted molar refractivity (Wildman–Crippen MR) is 158 cm³/mol. The molecule has 0 spiro atoms. The van der Waals surface area contributed by atoms with Crippen LogP contribution in [0.15, 0.2) is 66.8 Å². The Morgan fingerprint density at radius 3 is 1.68 bits per heavy atom. The van der Waals surface area contributed by atoms with Crippen molar-refractivity contribution in [2.24, 2.45) is 0 Å². The van der Waals surface area contributed by atoms with Gasteiger partial charge in [-0.1, -0.05) is 49.4 Å². The second-order valence-corrected chi connectivity index (χ2v) is 9.54. The molecule has 0 aliphatic heterocycles. The molecule has 0 heterocycles. The molecule has 0 radical (unpaired) electrons. The first-order chi connectivity index (χ1) is 18.3. The van der Waals surface area contributed by atoms with Gasteiger partial charge in [-0.15, -0.1) is 6.42 Å². The van der Waals surface area contributed by atoms with Crippen molar-refractivity contribution in [1.29, 1.82) is 0 Å². The number of fused-ring (bicyclic) bond motifs is 2. The lowest BCUT2D eigenvalue weighted by molar-refractivity contribution is -0.118. The smallest absolute Gasteiger partial charge is 0.246 e. The lowest BCUT2D eigenvalue weighted by Gasteiger charge is -2.18. The van der Waals surface area contributed by atoms with E-state index < -0.39 is 0 Å². The van der Waals surface area contributed by atoms with Crippen molar-refractivity contribution in [3.63, 3.8) is 0 Å². The summed E-state index contributed by atoms with van der Waals surface area (Å²) in [5, 5.41) is 17.6. The van der Waals surface area contributed by atoms with E-state index in [4.69, 9.17) is 6.42 Å². The van der Waals surface area contributed by atoms with E-state index in [0.717, 1.165) is 36.9 Å². The maximum absolute atomic E-state index is 11.7. The molecule has 6 heteroatoms. The second-order valence-electron chi connectivity index (χ2n) is 9.54. The molecule has 0 aromatic heterocycles. The van der Waals surface area contributed by atoms with Gasteiger partial charge in [0.25, 0.3) is 0 Å². The molecule has 6 nitrogen and oxygen atoms in total. The summed E-state index contributed by atoms with van der Waals surface area (Å²) in [7, 11) is 0. The van der Waals surface area contributed by atoms with Crippen molar-refractivity contribution in [2.45, 2.75) is 39.8 Å². The number of benzene rings is 3. The highest BCUT2D eigenvalue weighted by Crippen LogP contribution is 2.33. The first-order valence-corrected chi connectivity index (χ1v) is 13.0. The minimum atomic E-state index is -0.107. The van der Waals surface area contributed by atoms with Gasteiger partial charge in [0, 0.05) is 42.9 Å². The maximum atomic E-state index is 11.7. The molecule has 0 fully saturated rings. The van der Waals surface area contributed by atoms with Gasteiger partial charge in [-0.05, 0) is 84.6 Å². The summed E-state index contributed by atoms with van der Waals surface area (Å²) in [6, 6.07) is 14.7. The molecular weight excluding hydrogens is 472 g/mol. The quantitative estimate of drug-likeness (QED) is 0.113. The number of carbonyl (C=O) groups excluding carboxylic acids is 2. The Bertz CT molecular complexity index is 1380. The van der Waals surface area contributed by atoms with Gasteiger partial charge in [-0.25, -0.2) is 0 Å². The van der Waals surface area contributed by atoms with E-state index in [1.54, 1.807) is 13.8 Å². The van der Waals surface area contributed by atoms with Gasteiger partial charge in [-0.2, -0.15) is 0 Å². The van der Waals surface area contributed by atoms with E-state index in [0.29, 0.717) is 37.3 Å². The highest BCUT2D eigenvalue weighted by atomic mass is 16.2. The number of hydrogen-bond donors (Lipinski definition) is 4. The Morgan fingerprint density at radius 1 is 0.737 bits per heavy atom. The number of nitrogens with one attached hydrogen (secondary N) is 4. The minimum absolute atomic E-state index is 0.105. The van der Waals surface area contributed by atoms with E-state index in [1.807, 2.05) is 6.07 Å². The highest BCUT2D eigenvalue weighted by molar-refractivity contribution is 6.06. The van der Waals surface area contributed by atoms with Crippen molar-refractivity contribution in [2.75, 3.05) is 26.2 Å². The average Bonchev–Trinajstić information content (AvgIpc) is 2.92. The summed E-state index contributed by atoms with van der Waals surface area (Å²) in [5.41, 5.74) is 4.33. The van der Waals surface area contributed by atoms with Gasteiger partial charge in [0.1, 0.15) is 0 Å². The van der Waals surface area contributed by atoms with Crippen molar-refractivity contribution >= 4 is 33.4 Å². The van der Waals surface area contributed by atoms with Crippen LogP contribution in [0.5, 0.6) is 0 Å². The monoisotopic (exact) mass is 510 g/mol. The Labute approximate surface area is 226 Å². The molecule has 0 unspecified atom stereocenters. The summed E-state index contributed by atoms with van der Waals surface area (Å²) in [5.74, 6) is 2.57. The normalized spacial score (nSPS) is 10.8.